The molecule has 18 heavy (non-hydrogen) atoms. The number of aliphatic hydroxyl groups is 1. The van der Waals surface area contributed by atoms with Crippen LogP contribution in [0.25, 0.3) is 6.08 Å². The van der Waals surface area contributed by atoms with Crippen LogP contribution in [0.3, 0.4) is 0 Å². The van der Waals surface area contributed by atoms with E-state index in [4.69, 9.17) is 9.47 Å². The van der Waals surface area contributed by atoms with Gasteiger partial charge < -0.3 is 14.6 Å². The van der Waals surface area contributed by atoms with Crippen molar-refractivity contribution in [3.63, 3.8) is 0 Å². The van der Waals surface area contributed by atoms with Gasteiger partial charge in [-0.3, -0.25) is 0 Å². The van der Waals surface area contributed by atoms with Crippen molar-refractivity contribution in [2.24, 2.45) is 0 Å². The number of aliphatic hydroxyl groups excluding tert-OH is 1. The SMILES string of the molecule is C=CCOc1ccc(/C=C(/C)C(C)O)cc1OC. The highest BCUT2D eigenvalue weighted by Crippen LogP contribution is 2.29. The van der Waals surface area contributed by atoms with E-state index in [1.807, 2.05) is 31.2 Å². The fourth-order valence-electron chi connectivity index (χ4n) is 1.43. The van der Waals surface area contributed by atoms with E-state index in [1.54, 1.807) is 20.1 Å². The third-order valence-corrected chi connectivity index (χ3v) is 2.60. The molecule has 0 saturated carbocycles. The Balaban J connectivity index is 2.98. The molecule has 98 valence electrons. The monoisotopic (exact) mass is 248 g/mol. The zero-order valence-corrected chi connectivity index (χ0v) is 11.1. The largest absolute Gasteiger partial charge is 0.493 e. The summed E-state index contributed by atoms with van der Waals surface area (Å²) in [6, 6.07) is 5.65. The summed E-state index contributed by atoms with van der Waals surface area (Å²) < 4.78 is 10.7. The Morgan fingerprint density at radius 2 is 2.17 bits per heavy atom. The van der Waals surface area contributed by atoms with Gasteiger partial charge in [0, 0.05) is 0 Å². The maximum Gasteiger partial charge on any atom is 0.161 e. The van der Waals surface area contributed by atoms with Crippen molar-refractivity contribution in [2.75, 3.05) is 13.7 Å². The molecule has 0 saturated heterocycles. The van der Waals surface area contributed by atoms with Crippen LogP contribution in [0.5, 0.6) is 11.5 Å². The van der Waals surface area contributed by atoms with Crippen molar-refractivity contribution in [1.29, 1.82) is 0 Å². The molecule has 1 atom stereocenters. The van der Waals surface area contributed by atoms with E-state index in [2.05, 4.69) is 6.58 Å². The Bertz CT molecular complexity index is 433. The van der Waals surface area contributed by atoms with Crippen molar-refractivity contribution in [1.82, 2.24) is 0 Å². The first-order chi connectivity index (χ1) is 8.58. The van der Waals surface area contributed by atoms with Crippen LogP contribution < -0.4 is 9.47 Å². The zero-order chi connectivity index (χ0) is 13.5. The van der Waals surface area contributed by atoms with E-state index >= 15 is 0 Å². The molecule has 0 amide bonds. The first-order valence-electron chi connectivity index (χ1n) is 5.86. The molecular formula is C15H20O3. The minimum absolute atomic E-state index is 0.443. The highest BCUT2D eigenvalue weighted by molar-refractivity contribution is 5.58. The summed E-state index contributed by atoms with van der Waals surface area (Å²) in [4.78, 5) is 0. The third-order valence-electron chi connectivity index (χ3n) is 2.60. The number of ether oxygens (including phenoxy) is 2. The minimum Gasteiger partial charge on any atom is -0.493 e. The average Bonchev–Trinajstić information content (AvgIpc) is 2.36. The van der Waals surface area contributed by atoms with E-state index in [-0.39, 0.29) is 0 Å². The molecule has 1 N–H and O–H groups in total. The van der Waals surface area contributed by atoms with Gasteiger partial charge in [-0.15, -0.1) is 0 Å². The van der Waals surface area contributed by atoms with E-state index in [0.29, 0.717) is 18.1 Å². The van der Waals surface area contributed by atoms with Crippen LogP contribution >= 0.6 is 0 Å². The molecule has 0 heterocycles. The molecule has 0 aliphatic rings. The van der Waals surface area contributed by atoms with Crippen LogP contribution in [0.4, 0.5) is 0 Å². The summed E-state index contributed by atoms with van der Waals surface area (Å²) in [6.07, 6.45) is 3.16. The molecular weight excluding hydrogens is 228 g/mol. The predicted molar refractivity (Wildman–Crippen MR) is 74.0 cm³/mol. The molecule has 1 aromatic rings. The van der Waals surface area contributed by atoms with Gasteiger partial charge in [0.2, 0.25) is 0 Å². The quantitative estimate of drug-likeness (QED) is 0.786. The Morgan fingerprint density at radius 3 is 2.72 bits per heavy atom. The second-order valence-electron chi connectivity index (χ2n) is 4.07. The minimum atomic E-state index is -0.451. The summed E-state index contributed by atoms with van der Waals surface area (Å²) in [5, 5.41) is 9.44. The van der Waals surface area contributed by atoms with Crippen molar-refractivity contribution in [2.45, 2.75) is 20.0 Å². The Morgan fingerprint density at radius 1 is 1.44 bits per heavy atom. The van der Waals surface area contributed by atoms with E-state index < -0.39 is 6.10 Å². The molecule has 0 aromatic heterocycles. The van der Waals surface area contributed by atoms with E-state index in [1.165, 1.54) is 0 Å². The number of methoxy groups -OCH3 is 1. The number of hydrogen-bond acceptors (Lipinski definition) is 3. The molecule has 1 aromatic carbocycles. The van der Waals surface area contributed by atoms with Gasteiger partial charge in [0.15, 0.2) is 11.5 Å². The van der Waals surface area contributed by atoms with Gasteiger partial charge in [-0.1, -0.05) is 24.8 Å². The maximum absolute atomic E-state index is 9.44. The van der Waals surface area contributed by atoms with Gasteiger partial charge in [0.05, 0.1) is 13.2 Å². The second kappa shape index (κ2) is 6.87. The Hall–Kier alpha value is -1.74. The first-order valence-corrected chi connectivity index (χ1v) is 5.86. The number of rotatable bonds is 6. The van der Waals surface area contributed by atoms with Gasteiger partial charge in [0.1, 0.15) is 6.61 Å². The van der Waals surface area contributed by atoms with Crippen molar-refractivity contribution in [3.8, 4) is 11.5 Å². The summed E-state index contributed by atoms with van der Waals surface area (Å²) in [6.45, 7) is 7.68. The topological polar surface area (TPSA) is 38.7 Å². The smallest absolute Gasteiger partial charge is 0.161 e. The van der Waals surface area contributed by atoms with Gasteiger partial charge in [0.25, 0.3) is 0 Å². The van der Waals surface area contributed by atoms with Crippen LogP contribution in [-0.2, 0) is 0 Å². The van der Waals surface area contributed by atoms with Crippen molar-refractivity contribution in [3.05, 3.63) is 42.0 Å². The highest BCUT2D eigenvalue weighted by atomic mass is 16.5. The predicted octanol–water partition coefficient (Wildman–Crippen LogP) is 3.04. The molecule has 0 radical (unpaired) electrons. The van der Waals surface area contributed by atoms with Crippen molar-refractivity contribution < 1.29 is 14.6 Å². The fraction of sp³-hybridized carbons (Fsp3) is 0.333. The normalized spacial score (nSPS) is 13.0. The summed E-state index contributed by atoms with van der Waals surface area (Å²) in [5.74, 6) is 1.35. The molecule has 3 nitrogen and oxygen atoms in total. The van der Waals surface area contributed by atoms with Crippen LogP contribution in [0, 0.1) is 0 Å². The lowest BCUT2D eigenvalue weighted by atomic mass is 10.1. The molecule has 0 aliphatic heterocycles. The molecule has 1 rings (SSSR count). The summed E-state index contributed by atoms with van der Waals surface area (Å²) in [5.41, 5.74) is 1.87. The zero-order valence-electron chi connectivity index (χ0n) is 11.1. The van der Waals surface area contributed by atoms with Gasteiger partial charge in [-0.2, -0.15) is 0 Å². The van der Waals surface area contributed by atoms with E-state index in [9.17, 15) is 5.11 Å². The number of hydrogen-bond donors (Lipinski definition) is 1. The second-order valence-corrected chi connectivity index (χ2v) is 4.07. The Labute approximate surface area is 108 Å². The van der Waals surface area contributed by atoms with Crippen LogP contribution in [0.1, 0.15) is 19.4 Å². The lowest BCUT2D eigenvalue weighted by Crippen LogP contribution is -2.00. The molecule has 0 aliphatic carbocycles. The Kier molecular flexibility index (Phi) is 5.46. The van der Waals surface area contributed by atoms with Crippen LogP contribution in [-0.4, -0.2) is 24.9 Å². The average molecular weight is 248 g/mol. The molecule has 1 unspecified atom stereocenters. The lowest BCUT2D eigenvalue weighted by molar-refractivity contribution is 0.232. The summed E-state index contributed by atoms with van der Waals surface area (Å²) >= 11 is 0. The molecule has 3 heteroatoms. The maximum atomic E-state index is 9.44. The van der Waals surface area contributed by atoms with Gasteiger partial charge in [-0.05, 0) is 37.1 Å². The van der Waals surface area contributed by atoms with Crippen LogP contribution in [0.2, 0.25) is 0 Å². The highest BCUT2D eigenvalue weighted by Gasteiger charge is 2.05. The van der Waals surface area contributed by atoms with Gasteiger partial charge in [-0.25, -0.2) is 0 Å². The van der Waals surface area contributed by atoms with Gasteiger partial charge >= 0.3 is 0 Å². The van der Waals surface area contributed by atoms with Crippen molar-refractivity contribution >= 4 is 6.08 Å². The molecule has 0 bridgehead atoms. The third kappa shape index (κ3) is 3.93. The molecule has 0 fully saturated rings. The van der Waals surface area contributed by atoms with Crippen LogP contribution in [0.15, 0.2) is 36.4 Å². The van der Waals surface area contributed by atoms with E-state index in [0.717, 1.165) is 11.1 Å². The lowest BCUT2D eigenvalue weighted by Gasteiger charge is -2.10. The summed E-state index contributed by atoms with van der Waals surface area (Å²) in [7, 11) is 1.60. The molecule has 0 spiro atoms. The number of benzene rings is 1. The first kappa shape index (κ1) is 14.3. The standard InChI is InChI=1S/C15H20O3/c1-5-8-18-14-7-6-13(10-15(14)17-4)9-11(2)12(3)16/h5-7,9-10,12,16H,1,8H2,2-4H3/b11-9-. The fourth-order valence-corrected chi connectivity index (χ4v) is 1.43.